The number of benzene rings is 1. The average molecular weight is 292 g/mol. The van der Waals surface area contributed by atoms with Crippen molar-refractivity contribution < 1.29 is 14.6 Å². The second-order valence-electron chi connectivity index (χ2n) is 6.92. The molecule has 118 valence electrons. The van der Waals surface area contributed by atoms with E-state index in [4.69, 9.17) is 9.47 Å². The summed E-state index contributed by atoms with van der Waals surface area (Å²) in [5, 5.41) is 10.7. The predicted octanol–water partition coefficient (Wildman–Crippen LogP) is 3.75. The number of hydrogen-bond acceptors (Lipinski definition) is 3. The summed E-state index contributed by atoms with van der Waals surface area (Å²) in [7, 11) is 0. The van der Waals surface area contributed by atoms with E-state index in [0.717, 1.165) is 25.2 Å². The number of hydrogen-bond donors (Lipinski definition) is 1. The zero-order chi connectivity index (χ0) is 15.5. The minimum atomic E-state index is -0.457. The molecule has 0 radical (unpaired) electrons. The van der Waals surface area contributed by atoms with E-state index in [1.165, 1.54) is 5.56 Å². The Hall–Kier alpha value is -1.06. The Bertz CT molecular complexity index is 450. The van der Waals surface area contributed by atoms with Gasteiger partial charge in [0.25, 0.3) is 0 Å². The molecule has 3 heteroatoms. The molecule has 0 fully saturated rings. The van der Waals surface area contributed by atoms with Gasteiger partial charge in [-0.3, -0.25) is 0 Å². The summed E-state index contributed by atoms with van der Waals surface area (Å²) >= 11 is 0. The van der Waals surface area contributed by atoms with E-state index in [0.29, 0.717) is 12.5 Å². The van der Waals surface area contributed by atoms with Crippen LogP contribution in [-0.2, 0) is 4.74 Å². The molecular formula is C18H28O3. The van der Waals surface area contributed by atoms with Gasteiger partial charge in [-0.25, -0.2) is 0 Å². The predicted molar refractivity (Wildman–Crippen MR) is 84.8 cm³/mol. The van der Waals surface area contributed by atoms with Crippen LogP contribution in [-0.4, -0.2) is 30.5 Å². The first-order valence-electron chi connectivity index (χ1n) is 7.95. The van der Waals surface area contributed by atoms with Crippen LogP contribution in [0.15, 0.2) is 24.3 Å². The topological polar surface area (TPSA) is 38.7 Å². The van der Waals surface area contributed by atoms with Crippen molar-refractivity contribution in [2.24, 2.45) is 5.41 Å². The van der Waals surface area contributed by atoms with Crippen molar-refractivity contribution in [3.63, 3.8) is 0 Å². The Morgan fingerprint density at radius 3 is 2.71 bits per heavy atom. The molecule has 3 nitrogen and oxygen atoms in total. The Morgan fingerprint density at radius 2 is 2.05 bits per heavy atom. The van der Waals surface area contributed by atoms with E-state index < -0.39 is 6.10 Å². The third-order valence-electron chi connectivity index (χ3n) is 4.16. The highest BCUT2D eigenvalue weighted by molar-refractivity contribution is 5.37. The van der Waals surface area contributed by atoms with Gasteiger partial charge in [-0.05, 0) is 42.7 Å². The van der Waals surface area contributed by atoms with Crippen molar-refractivity contribution >= 4 is 0 Å². The second kappa shape index (κ2) is 6.80. The molecule has 3 atom stereocenters. The van der Waals surface area contributed by atoms with Gasteiger partial charge in [0, 0.05) is 6.61 Å². The van der Waals surface area contributed by atoms with E-state index in [2.05, 4.69) is 26.8 Å². The molecule has 0 aromatic heterocycles. The molecule has 1 aliphatic rings. The quantitative estimate of drug-likeness (QED) is 0.898. The zero-order valence-electron chi connectivity index (χ0n) is 13.6. The molecule has 0 bridgehead atoms. The van der Waals surface area contributed by atoms with E-state index in [-0.39, 0.29) is 11.5 Å². The van der Waals surface area contributed by atoms with Crippen LogP contribution in [0.25, 0.3) is 0 Å². The van der Waals surface area contributed by atoms with Gasteiger partial charge in [0.15, 0.2) is 0 Å². The number of para-hydroxylation sites is 1. The maximum Gasteiger partial charge on any atom is 0.122 e. The zero-order valence-corrected chi connectivity index (χ0v) is 13.6. The molecule has 0 amide bonds. The summed E-state index contributed by atoms with van der Waals surface area (Å²) in [5.41, 5.74) is 1.15. The average Bonchev–Trinajstić information content (AvgIpc) is 2.44. The second-order valence-corrected chi connectivity index (χ2v) is 6.92. The fourth-order valence-electron chi connectivity index (χ4n) is 3.19. The lowest BCUT2D eigenvalue weighted by atomic mass is 9.80. The van der Waals surface area contributed by atoms with Gasteiger partial charge in [-0.2, -0.15) is 0 Å². The van der Waals surface area contributed by atoms with Crippen LogP contribution in [0.3, 0.4) is 0 Å². The third kappa shape index (κ3) is 3.98. The summed E-state index contributed by atoms with van der Waals surface area (Å²) in [6.07, 6.45) is 1.08. The normalized spacial score (nSPS) is 21.3. The van der Waals surface area contributed by atoms with Crippen LogP contribution >= 0.6 is 0 Å². The first-order valence-corrected chi connectivity index (χ1v) is 7.95. The molecule has 1 aromatic rings. The molecule has 21 heavy (non-hydrogen) atoms. The van der Waals surface area contributed by atoms with Gasteiger partial charge in [0.05, 0.1) is 18.8 Å². The minimum Gasteiger partial charge on any atom is -0.493 e. The molecule has 1 N–H and O–H groups in total. The number of rotatable bonds is 5. The molecule has 1 heterocycles. The first-order chi connectivity index (χ1) is 9.93. The van der Waals surface area contributed by atoms with Crippen molar-refractivity contribution in [2.75, 3.05) is 13.2 Å². The maximum atomic E-state index is 10.7. The maximum absolute atomic E-state index is 10.7. The van der Waals surface area contributed by atoms with Crippen LogP contribution < -0.4 is 4.74 Å². The van der Waals surface area contributed by atoms with E-state index >= 15 is 0 Å². The van der Waals surface area contributed by atoms with E-state index in [1.54, 1.807) is 0 Å². The smallest absolute Gasteiger partial charge is 0.122 e. The van der Waals surface area contributed by atoms with Crippen molar-refractivity contribution in [1.82, 2.24) is 0 Å². The van der Waals surface area contributed by atoms with Crippen molar-refractivity contribution in [3.05, 3.63) is 29.8 Å². The van der Waals surface area contributed by atoms with Crippen LogP contribution in [0.4, 0.5) is 0 Å². The minimum absolute atomic E-state index is 0.0693. The Labute approximate surface area is 128 Å². The highest BCUT2D eigenvalue weighted by atomic mass is 16.5. The SMILES string of the molecule is CCOC(C(O)CC1CCOc2ccccc21)C(C)(C)C. The van der Waals surface area contributed by atoms with Crippen LogP contribution in [0.1, 0.15) is 52.0 Å². The fourth-order valence-corrected chi connectivity index (χ4v) is 3.19. The lowest BCUT2D eigenvalue weighted by Gasteiger charge is -2.36. The number of aliphatic hydroxyl groups is 1. The Kier molecular flexibility index (Phi) is 5.28. The van der Waals surface area contributed by atoms with Gasteiger partial charge in [0.1, 0.15) is 5.75 Å². The summed E-state index contributed by atoms with van der Waals surface area (Å²) < 4.78 is 11.5. The summed E-state index contributed by atoms with van der Waals surface area (Å²) in [5.74, 6) is 1.31. The van der Waals surface area contributed by atoms with Gasteiger partial charge in [-0.15, -0.1) is 0 Å². The molecule has 0 spiro atoms. The number of ether oxygens (including phenoxy) is 2. The number of fused-ring (bicyclic) bond motifs is 1. The van der Waals surface area contributed by atoms with Crippen LogP contribution in [0, 0.1) is 5.41 Å². The molecule has 2 rings (SSSR count). The third-order valence-corrected chi connectivity index (χ3v) is 4.16. The van der Waals surface area contributed by atoms with Crippen LogP contribution in [0.2, 0.25) is 0 Å². The Balaban J connectivity index is 2.10. The standard InChI is InChI=1S/C18H28O3/c1-5-20-17(18(2,3)4)15(19)12-13-10-11-21-16-9-7-6-8-14(13)16/h6-9,13,15,17,19H,5,10-12H2,1-4H3. The van der Waals surface area contributed by atoms with Crippen LogP contribution in [0.5, 0.6) is 5.75 Å². The van der Waals surface area contributed by atoms with Crippen molar-refractivity contribution in [1.29, 1.82) is 0 Å². The highest BCUT2D eigenvalue weighted by Crippen LogP contribution is 2.38. The van der Waals surface area contributed by atoms with E-state index in [1.807, 2.05) is 25.1 Å². The molecule has 0 saturated carbocycles. The molecule has 1 aromatic carbocycles. The molecular weight excluding hydrogens is 264 g/mol. The van der Waals surface area contributed by atoms with Crippen molar-refractivity contribution in [2.45, 2.75) is 58.7 Å². The molecule has 0 saturated heterocycles. The highest BCUT2D eigenvalue weighted by Gasteiger charge is 2.34. The lowest BCUT2D eigenvalue weighted by molar-refractivity contribution is -0.0928. The molecule has 0 aliphatic carbocycles. The largest absolute Gasteiger partial charge is 0.493 e. The lowest BCUT2D eigenvalue weighted by Crippen LogP contribution is -2.41. The van der Waals surface area contributed by atoms with Gasteiger partial charge in [0.2, 0.25) is 0 Å². The Morgan fingerprint density at radius 1 is 1.33 bits per heavy atom. The van der Waals surface area contributed by atoms with Gasteiger partial charge >= 0.3 is 0 Å². The van der Waals surface area contributed by atoms with Crippen molar-refractivity contribution in [3.8, 4) is 5.75 Å². The first kappa shape index (κ1) is 16.3. The summed E-state index contributed by atoms with van der Waals surface area (Å²) in [6.45, 7) is 9.69. The fraction of sp³-hybridized carbons (Fsp3) is 0.667. The summed E-state index contributed by atoms with van der Waals surface area (Å²) in [4.78, 5) is 0. The van der Waals surface area contributed by atoms with E-state index in [9.17, 15) is 5.11 Å². The molecule has 3 unspecified atom stereocenters. The monoisotopic (exact) mass is 292 g/mol. The molecule has 1 aliphatic heterocycles. The summed E-state index contributed by atoms with van der Waals surface area (Å²) in [6, 6.07) is 8.16. The van der Waals surface area contributed by atoms with Gasteiger partial charge < -0.3 is 14.6 Å². The number of aliphatic hydroxyl groups excluding tert-OH is 1. The van der Waals surface area contributed by atoms with Gasteiger partial charge in [-0.1, -0.05) is 39.0 Å².